The second-order valence-corrected chi connectivity index (χ2v) is 5.27. The van der Waals surface area contributed by atoms with Crippen molar-refractivity contribution in [2.75, 3.05) is 11.9 Å². The number of aromatic nitrogens is 1. The first-order valence-corrected chi connectivity index (χ1v) is 7.23. The van der Waals surface area contributed by atoms with Gasteiger partial charge in [0, 0.05) is 24.6 Å². The van der Waals surface area contributed by atoms with Gasteiger partial charge in [0.2, 0.25) is 0 Å². The van der Waals surface area contributed by atoms with E-state index in [9.17, 15) is 13.6 Å². The number of hydrogen-bond acceptors (Lipinski definition) is 4. The van der Waals surface area contributed by atoms with Gasteiger partial charge in [0.1, 0.15) is 11.8 Å². The van der Waals surface area contributed by atoms with Crippen molar-refractivity contribution in [3.8, 4) is 6.07 Å². The maximum Gasteiger partial charge on any atom is 0.274 e. The molecule has 0 fully saturated rings. The van der Waals surface area contributed by atoms with Gasteiger partial charge in [-0.2, -0.15) is 5.26 Å². The molecule has 0 spiro atoms. The van der Waals surface area contributed by atoms with E-state index in [0.717, 1.165) is 6.07 Å². The summed E-state index contributed by atoms with van der Waals surface area (Å²) >= 11 is 0. The molecule has 0 bridgehead atoms. The Morgan fingerprint density at radius 1 is 1.42 bits per heavy atom. The number of aliphatic hydroxyl groups excluding tert-OH is 1. The van der Waals surface area contributed by atoms with Crippen LogP contribution in [-0.4, -0.2) is 22.6 Å². The van der Waals surface area contributed by atoms with Gasteiger partial charge >= 0.3 is 0 Å². The number of nitrogens with zero attached hydrogens (tertiary/aromatic N) is 2. The van der Waals surface area contributed by atoms with Crippen LogP contribution in [0.2, 0.25) is 0 Å². The van der Waals surface area contributed by atoms with Crippen LogP contribution < -0.4 is 5.32 Å². The quantitative estimate of drug-likeness (QED) is 0.882. The van der Waals surface area contributed by atoms with Crippen molar-refractivity contribution >= 4 is 11.6 Å². The number of aliphatic hydroxyl groups is 1. The van der Waals surface area contributed by atoms with Gasteiger partial charge in [0.25, 0.3) is 5.91 Å². The number of anilines is 1. The Balaban J connectivity index is 2.25. The number of carbonyl (C=O) groups is 1. The van der Waals surface area contributed by atoms with Crippen molar-refractivity contribution < 1.29 is 18.7 Å². The third-order valence-corrected chi connectivity index (χ3v) is 3.53. The van der Waals surface area contributed by atoms with E-state index in [4.69, 9.17) is 10.4 Å². The zero-order valence-electron chi connectivity index (χ0n) is 12.9. The fourth-order valence-corrected chi connectivity index (χ4v) is 2.18. The van der Waals surface area contributed by atoms with Crippen LogP contribution in [-0.2, 0) is 0 Å². The Morgan fingerprint density at radius 2 is 2.17 bits per heavy atom. The monoisotopic (exact) mass is 331 g/mol. The van der Waals surface area contributed by atoms with E-state index in [1.807, 2.05) is 6.07 Å². The summed E-state index contributed by atoms with van der Waals surface area (Å²) in [5.41, 5.74) is 0.514. The fraction of sp³-hybridized carbons (Fsp3) is 0.235. The number of amides is 1. The van der Waals surface area contributed by atoms with Gasteiger partial charge in [-0.1, -0.05) is 6.92 Å². The zero-order valence-corrected chi connectivity index (χ0v) is 12.9. The number of benzene rings is 1. The maximum absolute atomic E-state index is 13.9. The highest BCUT2D eigenvalue weighted by Crippen LogP contribution is 2.27. The summed E-state index contributed by atoms with van der Waals surface area (Å²) in [5.74, 6) is -3.09. The zero-order chi connectivity index (χ0) is 17.7. The molecule has 2 aromatic rings. The highest BCUT2D eigenvalue weighted by atomic mass is 19.2. The summed E-state index contributed by atoms with van der Waals surface area (Å²) < 4.78 is 27.6. The van der Waals surface area contributed by atoms with Crippen molar-refractivity contribution in [3.05, 3.63) is 58.9 Å². The third kappa shape index (κ3) is 3.91. The molecule has 24 heavy (non-hydrogen) atoms. The van der Waals surface area contributed by atoms with Crippen molar-refractivity contribution in [2.24, 2.45) is 0 Å². The minimum Gasteiger partial charge on any atom is -0.396 e. The lowest BCUT2D eigenvalue weighted by atomic mass is 9.97. The molecule has 2 N–H and O–H groups in total. The Hall–Kier alpha value is -2.85. The van der Waals surface area contributed by atoms with Crippen LogP contribution in [0, 0.1) is 23.0 Å². The number of nitriles is 1. The molecule has 1 unspecified atom stereocenters. The molecule has 2 rings (SSSR count). The molecular formula is C17H15F2N3O2. The van der Waals surface area contributed by atoms with E-state index in [0.29, 0.717) is 5.56 Å². The standard InChI is InChI=1S/C17H15F2N3O2/c1-10(4-5-23)13-6-12(7-14(18)16(13)19)22-17(24)15-3-2-11(8-20)9-21-15/h2-3,6-7,9-10,23H,4-5H2,1H3,(H,22,24). The lowest BCUT2D eigenvalue weighted by molar-refractivity contribution is 0.102. The van der Waals surface area contributed by atoms with Crippen LogP contribution in [0.5, 0.6) is 0 Å². The van der Waals surface area contributed by atoms with Crippen LogP contribution in [0.1, 0.15) is 40.9 Å². The Bertz CT molecular complexity index is 786. The molecule has 0 saturated carbocycles. The van der Waals surface area contributed by atoms with Crippen LogP contribution in [0.3, 0.4) is 0 Å². The van der Waals surface area contributed by atoms with E-state index < -0.39 is 23.5 Å². The number of halogens is 2. The first kappa shape index (κ1) is 17.5. The van der Waals surface area contributed by atoms with E-state index >= 15 is 0 Å². The second kappa shape index (κ2) is 7.62. The summed E-state index contributed by atoms with van der Waals surface area (Å²) in [6.45, 7) is 1.50. The van der Waals surface area contributed by atoms with Gasteiger partial charge in [0.15, 0.2) is 11.6 Å². The van der Waals surface area contributed by atoms with Gasteiger partial charge in [-0.25, -0.2) is 13.8 Å². The first-order chi connectivity index (χ1) is 11.5. The molecular weight excluding hydrogens is 316 g/mol. The van der Waals surface area contributed by atoms with Crippen molar-refractivity contribution in [1.29, 1.82) is 5.26 Å². The molecule has 1 amide bonds. The normalized spacial score (nSPS) is 11.6. The molecule has 1 aromatic carbocycles. The molecule has 5 nitrogen and oxygen atoms in total. The van der Waals surface area contributed by atoms with Gasteiger partial charge in [0.05, 0.1) is 5.56 Å². The molecule has 7 heteroatoms. The Kier molecular flexibility index (Phi) is 5.55. The highest BCUT2D eigenvalue weighted by molar-refractivity contribution is 6.02. The van der Waals surface area contributed by atoms with Crippen LogP contribution in [0.4, 0.5) is 14.5 Å². The predicted molar refractivity (Wildman–Crippen MR) is 83.4 cm³/mol. The van der Waals surface area contributed by atoms with E-state index in [-0.39, 0.29) is 30.0 Å². The second-order valence-electron chi connectivity index (χ2n) is 5.27. The van der Waals surface area contributed by atoms with E-state index in [1.165, 1.54) is 24.4 Å². The van der Waals surface area contributed by atoms with E-state index in [1.54, 1.807) is 6.92 Å². The van der Waals surface area contributed by atoms with Crippen LogP contribution >= 0.6 is 0 Å². The molecule has 0 saturated heterocycles. The first-order valence-electron chi connectivity index (χ1n) is 7.23. The predicted octanol–water partition coefficient (Wildman–Crippen LogP) is 2.97. The molecule has 0 aliphatic rings. The van der Waals surface area contributed by atoms with Gasteiger partial charge < -0.3 is 10.4 Å². The molecule has 1 atom stereocenters. The van der Waals surface area contributed by atoms with Crippen molar-refractivity contribution in [3.63, 3.8) is 0 Å². The smallest absolute Gasteiger partial charge is 0.274 e. The van der Waals surface area contributed by atoms with Crippen LogP contribution in [0.25, 0.3) is 0 Å². The largest absolute Gasteiger partial charge is 0.396 e. The SMILES string of the molecule is CC(CCO)c1cc(NC(=O)c2ccc(C#N)cn2)cc(F)c1F. The van der Waals surface area contributed by atoms with Gasteiger partial charge in [-0.3, -0.25) is 4.79 Å². The lowest BCUT2D eigenvalue weighted by Crippen LogP contribution is -2.15. The summed E-state index contributed by atoms with van der Waals surface area (Å²) in [6, 6.07) is 6.89. The third-order valence-electron chi connectivity index (χ3n) is 3.53. The topological polar surface area (TPSA) is 86.0 Å². The molecule has 0 aliphatic carbocycles. The van der Waals surface area contributed by atoms with E-state index in [2.05, 4.69) is 10.3 Å². The number of hydrogen-bond donors (Lipinski definition) is 2. The minimum absolute atomic E-state index is 0.0451. The summed E-state index contributed by atoms with van der Waals surface area (Å²) in [4.78, 5) is 15.9. The summed E-state index contributed by atoms with van der Waals surface area (Å²) in [5, 5.41) is 20.1. The minimum atomic E-state index is -1.08. The molecule has 124 valence electrons. The number of pyridine rings is 1. The van der Waals surface area contributed by atoms with Crippen molar-refractivity contribution in [1.82, 2.24) is 4.98 Å². The Morgan fingerprint density at radius 3 is 2.75 bits per heavy atom. The summed E-state index contributed by atoms with van der Waals surface area (Å²) in [7, 11) is 0. The lowest BCUT2D eigenvalue weighted by Gasteiger charge is -2.14. The molecule has 0 radical (unpaired) electrons. The van der Waals surface area contributed by atoms with Crippen molar-refractivity contribution in [2.45, 2.75) is 19.3 Å². The van der Waals surface area contributed by atoms with Crippen LogP contribution in [0.15, 0.2) is 30.5 Å². The molecule has 1 heterocycles. The average molecular weight is 331 g/mol. The maximum atomic E-state index is 13.9. The number of nitrogens with one attached hydrogen (secondary N) is 1. The highest BCUT2D eigenvalue weighted by Gasteiger charge is 2.17. The molecule has 0 aliphatic heterocycles. The average Bonchev–Trinajstić information content (AvgIpc) is 2.58. The summed E-state index contributed by atoms with van der Waals surface area (Å²) in [6.07, 6.45) is 1.51. The fourth-order valence-electron chi connectivity index (χ4n) is 2.18. The number of carbonyl (C=O) groups excluding carboxylic acids is 1. The van der Waals surface area contributed by atoms with Gasteiger partial charge in [-0.15, -0.1) is 0 Å². The Labute approximate surface area is 137 Å². The number of rotatable bonds is 5. The van der Waals surface area contributed by atoms with Gasteiger partial charge in [-0.05, 0) is 36.1 Å². The molecule has 1 aromatic heterocycles.